The van der Waals surface area contributed by atoms with Gasteiger partial charge in [0.1, 0.15) is 12.1 Å². The average molecular weight is 327 g/mol. The zero-order valence-corrected chi connectivity index (χ0v) is 13.8. The Kier molecular flexibility index (Phi) is 6.58. The first-order valence-electron chi connectivity index (χ1n) is 7.56. The summed E-state index contributed by atoms with van der Waals surface area (Å²) < 4.78 is 6.59. The van der Waals surface area contributed by atoms with E-state index in [9.17, 15) is 4.79 Å². The van der Waals surface area contributed by atoms with Crippen molar-refractivity contribution in [1.82, 2.24) is 20.1 Å². The molecule has 0 saturated heterocycles. The Morgan fingerprint density at radius 1 is 1.42 bits per heavy atom. The van der Waals surface area contributed by atoms with Crippen molar-refractivity contribution in [3.63, 3.8) is 0 Å². The molecule has 0 atom stereocenters. The van der Waals surface area contributed by atoms with Gasteiger partial charge in [-0.05, 0) is 37.3 Å². The summed E-state index contributed by atoms with van der Waals surface area (Å²) in [5.74, 6) is 0.810. The molecule has 1 aromatic heterocycles. The van der Waals surface area contributed by atoms with Crippen LogP contribution >= 0.6 is 0 Å². The summed E-state index contributed by atoms with van der Waals surface area (Å²) in [6.45, 7) is 3.01. The summed E-state index contributed by atoms with van der Waals surface area (Å²) in [7, 11) is 1.64. The van der Waals surface area contributed by atoms with Crippen LogP contribution in [-0.2, 0) is 6.54 Å². The van der Waals surface area contributed by atoms with Gasteiger partial charge in [0.25, 0.3) is 0 Å². The first kappa shape index (κ1) is 17.3. The zero-order valence-electron chi connectivity index (χ0n) is 13.8. The van der Waals surface area contributed by atoms with E-state index in [2.05, 4.69) is 20.5 Å². The summed E-state index contributed by atoms with van der Waals surface area (Å²) in [6, 6.07) is 7.54. The maximum Gasteiger partial charge on any atom is 0.343 e. The predicted octanol–water partition coefficient (Wildman–Crippen LogP) is 2.03. The fraction of sp³-hybridized carbons (Fsp3) is 0.235. The van der Waals surface area contributed by atoms with E-state index in [1.807, 2.05) is 49.4 Å². The molecule has 126 valence electrons. The van der Waals surface area contributed by atoms with E-state index in [4.69, 9.17) is 4.74 Å². The number of aromatic amines is 1. The molecule has 0 unspecified atom stereocenters. The Hall–Kier alpha value is -3.09. The van der Waals surface area contributed by atoms with Crippen molar-refractivity contribution in [2.75, 3.05) is 13.7 Å². The molecule has 1 aromatic carbocycles. The van der Waals surface area contributed by atoms with Crippen LogP contribution in [0.2, 0.25) is 0 Å². The topological polar surface area (TPSA) is 84.3 Å². The number of ether oxygens (including phenoxy) is 1. The minimum Gasteiger partial charge on any atom is -0.497 e. The number of nitrogens with one attached hydrogen (secondary N) is 2. The Bertz CT molecular complexity index is 769. The largest absolute Gasteiger partial charge is 0.497 e. The van der Waals surface area contributed by atoms with Gasteiger partial charge >= 0.3 is 5.69 Å². The Morgan fingerprint density at radius 3 is 2.83 bits per heavy atom. The van der Waals surface area contributed by atoms with Crippen LogP contribution in [0.5, 0.6) is 5.75 Å². The van der Waals surface area contributed by atoms with Gasteiger partial charge in [-0.3, -0.25) is 9.56 Å². The van der Waals surface area contributed by atoms with Crippen molar-refractivity contribution in [2.24, 2.45) is 4.99 Å². The highest BCUT2D eigenvalue weighted by Gasteiger charge is 1.94. The van der Waals surface area contributed by atoms with Gasteiger partial charge in [-0.1, -0.05) is 12.2 Å². The minimum absolute atomic E-state index is 0.221. The summed E-state index contributed by atoms with van der Waals surface area (Å²) in [4.78, 5) is 15.7. The summed E-state index contributed by atoms with van der Waals surface area (Å²) in [5.41, 5.74) is 1.60. The lowest BCUT2D eigenvalue weighted by atomic mass is 10.3. The van der Waals surface area contributed by atoms with Crippen molar-refractivity contribution >= 4 is 11.9 Å². The molecule has 2 aromatic rings. The summed E-state index contributed by atoms with van der Waals surface area (Å²) in [5, 5.41) is 9.28. The highest BCUT2D eigenvalue weighted by Crippen LogP contribution is 2.16. The van der Waals surface area contributed by atoms with Crippen molar-refractivity contribution in [3.8, 4) is 5.75 Å². The van der Waals surface area contributed by atoms with Gasteiger partial charge in [-0.25, -0.2) is 9.89 Å². The van der Waals surface area contributed by atoms with E-state index < -0.39 is 0 Å². The number of allylic oxidation sites excluding steroid dienone is 3. The lowest BCUT2D eigenvalue weighted by molar-refractivity contribution is 0.415. The molecule has 24 heavy (non-hydrogen) atoms. The molecule has 0 fully saturated rings. The minimum atomic E-state index is -0.221. The maximum atomic E-state index is 11.3. The Balaban J connectivity index is 1.79. The molecular weight excluding hydrogens is 306 g/mol. The van der Waals surface area contributed by atoms with E-state index in [1.165, 1.54) is 10.9 Å². The van der Waals surface area contributed by atoms with Gasteiger partial charge in [0.2, 0.25) is 0 Å². The fourth-order valence-electron chi connectivity index (χ4n) is 1.93. The van der Waals surface area contributed by atoms with E-state index in [1.54, 1.807) is 13.3 Å². The number of aromatic nitrogens is 3. The van der Waals surface area contributed by atoms with Crippen LogP contribution in [0, 0.1) is 0 Å². The molecule has 0 spiro atoms. The molecule has 1 heterocycles. The van der Waals surface area contributed by atoms with Crippen molar-refractivity contribution < 1.29 is 4.74 Å². The number of benzene rings is 1. The predicted molar refractivity (Wildman–Crippen MR) is 94.9 cm³/mol. The van der Waals surface area contributed by atoms with E-state index in [0.717, 1.165) is 17.1 Å². The third kappa shape index (κ3) is 5.28. The Morgan fingerprint density at radius 2 is 2.21 bits per heavy atom. The van der Waals surface area contributed by atoms with Crippen LogP contribution in [0.3, 0.4) is 0 Å². The van der Waals surface area contributed by atoms with Crippen molar-refractivity contribution in [1.29, 1.82) is 0 Å². The molecule has 0 saturated carbocycles. The second-order valence-corrected chi connectivity index (χ2v) is 4.85. The Labute approximate surface area is 140 Å². The molecule has 0 aliphatic carbocycles. The normalized spacial score (nSPS) is 12.2. The molecule has 0 radical (unpaired) electrons. The number of nitrogens with zero attached hydrogens (tertiary/aromatic N) is 3. The second kappa shape index (κ2) is 9.14. The molecule has 2 rings (SSSR count). The van der Waals surface area contributed by atoms with Crippen molar-refractivity contribution in [3.05, 3.63) is 65.0 Å². The van der Waals surface area contributed by atoms with E-state index >= 15 is 0 Å². The van der Waals surface area contributed by atoms with Crippen molar-refractivity contribution in [2.45, 2.75) is 13.5 Å². The third-order valence-electron chi connectivity index (χ3n) is 3.24. The molecule has 7 heteroatoms. The first-order chi connectivity index (χ1) is 11.7. The molecule has 0 aliphatic heterocycles. The lowest BCUT2D eigenvalue weighted by Crippen LogP contribution is -2.16. The van der Waals surface area contributed by atoms with Gasteiger partial charge in [0.15, 0.2) is 0 Å². The van der Waals surface area contributed by atoms with Crippen LogP contribution in [0.1, 0.15) is 6.92 Å². The number of methoxy groups -OCH3 is 1. The number of aliphatic imine (C=N–C) groups is 1. The van der Waals surface area contributed by atoms with Crippen LogP contribution in [-0.4, -0.2) is 34.6 Å². The fourth-order valence-corrected chi connectivity index (χ4v) is 1.93. The van der Waals surface area contributed by atoms with Gasteiger partial charge in [-0.2, -0.15) is 5.10 Å². The van der Waals surface area contributed by atoms with Crippen LogP contribution in [0.15, 0.2) is 64.3 Å². The van der Waals surface area contributed by atoms with Crippen LogP contribution in [0.4, 0.5) is 5.69 Å². The van der Waals surface area contributed by atoms with Gasteiger partial charge in [0, 0.05) is 18.5 Å². The van der Waals surface area contributed by atoms with Gasteiger partial charge in [0.05, 0.1) is 19.3 Å². The van der Waals surface area contributed by atoms with E-state index in [-0.39, 0.29) is 5.69 Å². The highest BCUT2D eigenvalue weighted by atomic mass is 16.5. The van der Waals surface area contributed by atoms with Crippen LogP contribution in [0.25, 0.3) is 0 Å². The lowest BCUT2D eigenvalue weighted by Gasteiger charge is -2.03. The maximum absolute atomic E-state index is 11.3. The SMILES string of the molecule is C/C=C(\C=C/Cn1cn[nH]c1=O)NCC=Nc1ccc(OC)cc1. The molecule has 0 amide bonds. The third-order valence-corrected chi connectivity index (χ3v) is 3.24. The highest BCUT2D eigenvalue weighted by molar-refractivity contribution is 5.65. The number of hydrogen-bond donors (Lipinski definition) is 2. The molecule has 0 aliphatic rings. The average Bonchev–Trinajstić information content (AvgIpc) is 3.02. The smallest absolute Gasteiger partial charge is 0.343 e. The molecule has 7 nitrogen and oxygen atoms in total. The van der Waals surface area contributed by atoms with Crippen LogP contribution < -0.4 is 15.7 Å². The van der Waals surface area contributed by atoms with E-state index in [0.29, 0.717) is 13.1 Å². The zero-order chi connectivity index (χ0) is 17.2. The van der Waals surface area contributed by atoms with Gasteiger partial charge in [-0.15, -0.1) is 0 Å². The number of rotatable bonds is 8. The molecular formula is C17H21N5O2. The van der Waals surface area contributed by atoms with Gasteiger partial charge < -0.3 is 10.1 Å². The quantitative estimate of drug-likeness (QED) is 0.574. The standard InChI is InChI=1S/C17H21N5O2/c1-3-14(5-4-12-22-13-20-21-17(22)23)18-10-11-19-15-6-8-16(24-2)9-7-15/h3-9,11,13,18H,10,12H2,1-2H3,(H,21,23)/b5-4-,14-3+,19-11?. The number of H-pyrrole nitrogens is 1. The summed E-state index contributed by atoms with van der Waals surface area (Å²) >= 11 is 0. The first-order valence-corrected chi connectivity index (χ1v) is 7.56. The summed E-state index contributed by atoms with van der Waals surface area (Å²) in [6.07, 6.45) is 9.03. The number of hydrogen-bond acceptors (Lipinski definition) is 5. The molecule has 0 bridgehead atoms. The molecule has 2 N–H and O–H groups in total. The second-order valence-electron chi connectivity index (χ2n) is 4.85. The monoisotopic (exact) mass is 327 g/mol.